The lowest BCUT2D eigenvalue weighted by molar-refractivity contribution is 0.0991. The summed E-state index contributed by atoms with van der Waals surface area (Å²) in [5.74, 6) is -0.294. The third-order valence-electron chi connectivity index (χ3n) is 2.26. The van der Waals surface area contributed by atoms with Crippen molar-refractivity contribution in [2.75, 3.05) is 0 Å². The van der Waals surface area contributed by atoms with E-state index in [1.54, 1.807) is 12.2 Å². The first kappa shape index (κ1) is 11.3. The highest BCUT2D eigenvalue weighted by molar-refractivity contribution is 5.88. The zero-order chi connectivity index (χ0) is 12.3. The number of nitrogens with zero attached hydrogens (tertiary/aromatic N) is 2. The number of halogens is 1. The fraction of sp³-hybridized carbons (Fsp3) is 0.182. The number of nitrogens with one attached hydrogen (secondary N) is 1. The van der Waals surface area contributed by atoms with E-state index >= 15 is 0 Å². The van der Waals surface area contributed by atoms with Crippen LogP contribution in [0.1, 0.15) is 22.9 Å². The van der Waals surface area contributed by atoms with Gasteiger partial charge in [-0.25, -0.2) is 4.39 Å². The average molecular weight is 234 g/mol. The summed E-state index contributed by atoms with van der Waals surface area (Å²) in [4.78, 5) is 13.5. The SMILES string of the molecule is NC(=O)c1nnc(CC2=CC=C(F)CC=C2)[nH]1. The van der Waals surface area contributed by atoms with Gasteiger partial charge in [-0.1, -0.05) is 18.2 Å². The van der Waals surface area contributed by atoms with Crippen molar-refractivity contribution in [3.63, 3.8) is 0 Å². The van der Waals surface area contributed by atoms with Gasteiger partial charge in [0.1, 0.15) is 11.7 Å². The maximum Gasteiger partial charge on any atom is 0.286 e. The number of hydrogen-bond acceptors (Lipinski definition) is 3. The minimum atomic E-state index is -0.653. The number of rotatable bonds is 3. The number of carbonyl (C=O) groups is 1. The zero-order valence-electron chi connectivity index (χ0n) is 8.98. The molecule has 0 spiro atoms. The lowest BCUT2D eigenvalue weighted by Crippen LogP contribution is -2.12. The summed E-state index contributed by atoms with van der Waals surface area (Å²) >= 11 is 0. The summed E-state index contributed by atoms with van der Waals surface area (Å²) in [6.07, 6.45) is 7.38. The van der Waals surface area contributed by atoms with Crippen LogP contribution >= 0.6 is 0 Å². The van der Waals surface area contributed by atoms with Crippen molar-refractivity contribution >= 4 is 5.91 Å². The molecule has 1 aromatic rings. The highest BCUT2D eigenvalue weighted by Crippen LogP contribution is 2.14. The second-order valence-corrected chi connectivity index (χ2v) is 3.62. The third-order valence-corrected chi connectivity index (χ3v) is 2.26. The highest BCUT2D eigenvalue weighted by atomic mass is 19.1. The van der Waals surface area contributed by atoms with Gasteiger partial charge in [-0.3, -0.25) is 4.79 Å². The zero-order valence-corrected chi connectivity index (χ0v) is 8.98. The molecule has 1 heterocycles. The molecule has 2 rings (SSSR count). The van der Waals surface area contributed by atoms with Gasteiger partial charge in [-0.2, -0.15) is 0 Å². The molecule has 5 nitrogen and oxygen atoms in total. The lowest BCUT2D eigenvalue weighted by atomic mass is 10.1. The smallest absolute Gasteiger partial charge is 0.286 e. The average Bonchev–Trinajstić information content (AvgIpc) is 2.65. The van der Waals surface area contributed by atoms with E-state index in [1.165, 1.54) is 6.08 Å². The Labute approximate surface area is 96.9 Å². The molecule has 0 aliphatic heterocycles. The van der Waals surface area contributed by atoms with Crippen molar-refractivity contribution < 1.29 is 9.18 Å². The maximum atomic E-state index is 12.9. The molecule has 1 amide bonds. The number of aromatic amines is 1. The summed E-state index contributed by atoms with van der Waals surface area (Å²) in [5.41, 5.74) is 5.92. The molecule has 0 radical (unpaired) electrons. The molecule has 17 heavy (non-hydrogen) atoms. The van der Waals surface area contributed by atoms with Gasteiger partial charge >= 0.3 is 0 Å². The van der Waals surface area contributed by atoms with Crippen LogP contribution in [-0.2, 0) is 6.42 Å². The summed E-state index contributed by atoms with van der Waals surface area (Å²) in [6, 6.07) is 0. The number of allylic oxidation sites excluding steroid dienone is 6. The molecule has 0 unspecified atom stereocenters. The topological polar surface area (TPSA) is 84.7 Å². The van der Waals surface area contributed by atoms with Crippen molar-refractivity contribution in [3.8, 4) is 0 Å². The Balaban J connectivity index is 2.12. The van der Waals surface area contributed by atoms with Gasteiger partial charge in [-0.15, -0.1) is 10.2 Å². The number of primary amides is 1. The Morgan fingerprint density at radius 1 is 1.47 bits per heavy atom. The molecular formula is C11H11FN4O. The standard InChI is InChI=1S/C11H11FN4O/c12-8-3-1-2-7(4-5-8)6-9-14-11(10(13)17)16-15-9/h1-2,4-5H,3,6H2,(H2,13,17)(H,14,15,16). The number of amides is 1. The van der Waals surface area contributed by atoms with Gasteiger partial charge in [0.15, 0.2) is 0 Å². The van der Waals surface area contributed by atoms with Crippen LogP contribution in [0.3, 0.4) is 0 Å². The predicted molar refractivity (Wildman–Crippen MR) is 59.6 cm³/mol. The molecule has 0 atom stereocenters. The number of hydrogen-bond donors (Lipinski definition) is 2. The number of H-pyrrole nitrogens is 1. The van der Waals surface area contributed by atoms with Crippen molar-refractivity contribution in [2.45, 2.75) is 12.8 Å². The molecule has 0 aromatic carbocycles. The molecule has 0 saturated heterocycles. The van der Waals surface area contributed by atoms with Crippen LogP contribution < -0.4 is 5.73 Å². The second-order valence-electron chi connectivity index (χ2n) is 3.62. The minimum Gasteiger partial charge on any atom is -0.363 e. The van der Waals surface area contributed by atoms with E-state index < -0.39 is 5.91 Å². The summed E-state index contributed by atoms with van der Waals surface area (Å²) in [7, 11) is 0. The quantitative estimate of drug-likeness (QED) is 0.823. The van der Waals surface area contributed by atoms with Crippen LogP contribution in [0.15, 0.2) is 35.7 Å². The van der Waals surface area contributed by atoms with Crippen LogP contribution in [0, 0.1) is 0 Å². The molecular weight excluding hydrogens is 223 g/mol. The molecule has 6 heteroatoms. The van der Waals surface area contributed by atoms with Gasteiger partial charge in [0.25, 0.3) is 5.91 Å². The van der Waals surface area contributed by atoms with E-state index in [2.05, 4.69) is 15.2 Å². The van der Waals surface area contributed by atoms with Crippen LogP contribution in [-0.4, -0.2) is 21.1 Å². The predicted octanol–water partition coefficient (Wildman–Crippen LogP) is 1.19. The fourth-order valence-corrected chi connectivity index (χ4v) is 1.44. The fourth-order valence-electron chi connectivity index (χ4n) is 1.44. The third kappa shape index (κ3) is 2.87. The maximum absolute atomic E-state index is 12.9. The summed E-state index contributed by atoms with van der Waals surface area (Å²) in [6.45, 7) is 0. The molecule has 1 aliphatic carbocycles. The summed E-state index contributed by atoms with van der Waals surface area (Å²) in [5, 5.41) is 7.38. The van der Waals surface area contributed by atoms with E-state index in [1.807, 2.05) is 6.08 Å². The van der Waals surface area contributed by atoms with E-state index in [-0.39, 0.29) is 11.7 Å². The van der Waals surface area contributed by atoms with Crippen LogP contribution in [0.4, 0.5) is 4.39 Å². The minimum absolute atomic E-state index is 0.0277. The highest BCUT2D eigenvalue weighted by Gasteiger charge is 2.08. The van der Waals surface area contributed by atoms with Gasteiger partial charge in [0.05, 0.1) is 0 Å². The van der Waals surface area contributed by atoms with Crippen LogP contribution in [0.2, 0.25) is 0 Å². The molecule has 1 aliphatic rings. The second kappa shape index (κ2) is 4.73. The first-order valence-electron chi connectivity index (χ1n) is 5.08. The van der Waals surface area contributed by atoms with Crippen LogP contribution in [0.25, 0.3) is 0 Å². The molecule has 0 fully saturated rings. The Bertz CT molecular complexity index is 527. The number of aromatic nitrogens is 3. The van der Waals surface area contributed by atoms with E-state index in [0.29, 0.717) is 18.7 Å². The Morgan fingerprint density at radius 3 is 3.00 bits per heavy atom. The Hall–Kier alpha value is -2.24. The lowest BCUT2D eigenvalue weighted by Gasteiger charge is -1.95. The van der Waals surface area contributed by atoms with E-state index in [0.717, 1.165) is 5.57 Å². The normalized spacial score (nSPS) is 15.1. The van der Waals surface area contributed by atoms with Crippen molar-refractivity contribution in [3.05, 3.63) is 47.4 Å². The molecule has 3 N–H and O–H groups in total. The largest absolute Gasteiger partial charge is 0.363 e. The number of carbonyl (C=O) groups excluding carboxylic acids is 1. The van der Waals surface area contributed by atoms with Gasteiger partial charge < -0.3 is 10.7 Å². The van der Waals surface area contributed by atoms with Crippen molar-refractivity contribution in [1.82, 2.24) is 15.2 Å². The van der Waals surface area contributed by atoms with E-state index in [9.17, 15) is 9.18 Å². The molecule has 88 valence electrons. The van der Waals surface area contributed by atoms with Gasteiger partial charge in [0.2, 0.25) is 5.82 Å². The monoisotopic (exact) mass is 234 g/mol. The van der Waals surface area contributed by atoms with Crippen molar-refractivity contribution in [1.29, 1.82) is 0 Å². The van der Waals surface area contributed by atoms with E-state index in [4.69, 9.17) is 5.73 Å². The van der Waals surface area contributed by atoms with Crippen molar-refractivity contribution in [2.24, 2.45) is 5.73 Å². The first-order chi connectivity index (χ1) is 8.15. The van der Waals surface area contributed by atoms with Crippen LogP contribution in [0.5, 0.6) is 0 Å². The van der Waals surface area contributed by atoms with Gasteiger partial charge in [-0.05, 0) is 11.6 Å². The summed E-state index contributed by atoms with van der Waals surface area (Å²) < 4.78 is 12.9. The number of nitrogens with two attached hydrogens (primary N) is 1. The molecule has 0 saturated carbocycles. The Morgan fingerprint density at radius 2 is 2.29 bits per heavy atom. The first-order valence-corrected chi connectivity index (χ1v) is 5.08. The Kier molecular flexibility index (Phi) is 3.13. The molecule has 0 bridgehead atoms. The molecule has 1 aromatic heterocycles. The van der Waals surface area contributed by atoms with Gasteiger partial charge in [0, 0.05) is 12.8 Å².